The van der Waals surface area contributed by atoms with Crippen LogP contribution in [0.25, 0.3) is 17.1 Å². The van der Waals surface area contributed by atoms with Crippen LogP contribution in [0.4, 0.5) is 0 Å². The van der Waals surface area contributed by atoms with Crippen LogP contribution in [-0.2, 0) is 0 Å². The maximum Gasteiger partial charge on any atom is 0.172 e. The summed E-state index contributed by atoms with van der Waals surface area (Å²) in [6.45, 7) is 1.98. The van der Waals surface area contributed by atoms with Crippen LogP contribution in [0, 0.1) is 6.92 Å². The van der Waals surface area contributed by atoms with E-state index in [0.29, 0.717) is 17.7 Å². The van der Waals surface area contributed by atoms with Gasteiger partial charge in [0.1, 0.15) is 5.69 Å². The summed E-state index contributed by atoms with van der Waals surface area (Å²) in [4.78, 5) is 11.1. The molecule has 3 aromatic rings. The molecule has 5 nitrogen and oxygen atoms in total. The van der Waals surface area contributed by atoms with Gasteiger partial charge in [-0.1, -0.05) is 23.4 Å². The molecule has 0 spiro atoms. The second-order valence-corrected chi connectivity index (χ2v) is 4.12. The summed E-state index contributed by atoms with van der Waals surface area (Å²) in [5.41, 5.74) is 2.74. The van der Waals surface area contributed by atoms with E-state index >= 15 is 0 Å². The number of carbonyl (C=O) groups excluding carboxylic acids is 1. The smallest absolute Gasteiger partial charge is 0.172 e. The predicted molar refractivity (Wildman–Crippen MR) is 69.2 cm³/mol. The van der Waals surface area contributed by atoms with E-state index in [0.717, 1.165) is 11.3 Å². The summed E-state index contributed by atoms with van der Waals surface area (Å²) < 4.78 is 6.99. The molecule has 0 aliphatic rings. The summed E-state index contributed by atoms with van der Waals surface area (Å²) in [7, 11) is 0. The van der Waals surface area contributed by atoms with Gasteiger partial charge in [0.2, 0.25) is 0 Å². The van der Waals surface area contributed by atoms with E-state index in [-0.39, 0.29) is 5.69 Å². The molecule has 19 heavy (non-hydrogen) atoms. The number of hydrogen-bond donors (Lipinski definition) is 0. The van der Waals surface area contributed by atoms with Crippen molar-refractivity contribution < 1.29 is 9.21 Å². The van der Waals surface area contributed by atoms with Crippen LogP contribution in [0.2, 0.25) is 0 Å². The van der Waals surface area contributed by atoms with Gasteiger partial charge in [0, 0.05) is 0 Å². The van der Waals surface area contributed by atoms with E-state index in [1.54, 1.807) is 23.1 Å². The van der Waals surface area contributed by atoms with Crippen molar-refractivity contribution in [3.63, 3.8) is 0 Å². The van der Waals surface area contributed by atoms with Crippen molar-refractivity contribution in [1.29, 1.82) is 0 Å². The van der Waals surface area contributed by atoms with Gasteiger partial charge in [-0.3, -0.25) is 4.79 Å². The van der Waals surface area contributed by atoms with Gasteiger partial charge in [-0.15, -0.1) is 5.10 Å². The molecule has 0 saturated carbocycles. The summed E-state index contributed by atoms with van der Waals surface area (Å²) in [5.74, 6) is 0.565. The molecule has 0 atom stereocenters. The average Bonchev–Trinajstić information content (AvgIpc) is 3.07. The van der Waals surface area contributed by atoms with Crippen LogP contribution >= 0.6 is 0 Å². The fraction of sp³-hybridized carbons (Fsp3) is 0.0714. The Labute approximate surface area is 109 Å². The third-order valence-corrected chi connectivity index (χ3v) is 2.91. The molecule has 3 rings (SSSR count). The highest BCUT2D eigenvalue weighted by molar-refractivity contribution is 5.82. The van der Waals surface area contributed by atoms with Gasteiger partial charge in [-0.2, -0.15) is 0 Å². The third kappa shape index (κ3) is 1.85. The fourth-order valence-electron chi connectivity index (χ4n) is 1.99. The molecule has 0 saturated heterocycles. The minimum absolute atomic E-state index is 0.262. The number of nitrogens with zero attached hydrogens (tertiary/aromatic N) is 3. The number of para-hydroxylation sites is 1. The summed E-state index contributed by atoms with van der Waals surface area (Å²) in [6, 6.07) is 11.3. The quantitative estimate of drug-likeness (QED) is 0.673. The van der Waals surface area contributed by atoms with Crippen LogP contribution in [0.15, 0.2) is 47.1 Å². The minimum Gasteiger partial charge on any atom is -0.463 e. The van der Waals surface area contributed by atoms with Crippen molar-refractivity contribution in [2.45, 2.75) is 6.92 Å². The highest BCUT2D eigenvalue weighted by atomic mass is 16.3. The topological polar surface area (TPSA) is 60.9 Å². The molecular formula is C14H11N3O2. The molecule has 94 valence electrons. The van der Waals surface area contributed by atoms with E-state index in [9.17, 15) is 4.79 Å². The Hall–Kier alpha value is -2.69. The highest BCUT2D eigenvalue weighted by Gasteiger charge is 2.18. The Balaban J connectivity index is 2.26. The van der Waals surface area contributed by atoms with Crippen molar-refractivity contribution in [3.8, 4) is 17.1 Å². The number of benzene rings is 1. The molecule has 0 aliphatic carbocycles. The minimum atomic E-state index is 0.262. The zero-order valence-corrected chi connectivity index (χ0v) is 10.3. The van der Waals surface area contributed by atoms with Gasteiger partial charge < -0.3 is 4.42 Å². The second kappa shape index (κ2) is 4.53. The van der Waals surface area contributed by atoms with Crippen LogP contribution in [0.1, 0.15) is 16.1 Å². The number of rotatable bonds is 3. The van der Waals surface area contributed by atoms with Crippen LogP contribution in [0.5, 0.6) is 0 Å². The lowest BCUT2D eigenvalue weighted by Crippen LogP contribution is -2.01. The molecule has 1 aromatic carbocycles. The lowest BCUT2D eigenvalue weighted by atomic mass is 10.2. The van der Waals surface area contributed by atoms with E-state index in [4.69, 9.17) is 4.42 Å². The molecule has 2 heterocycles. The molecule has 0 amide bonds. The zero-order valence-electron chi connectivity index (χ0n) is 10.3. The van der Waals surface area contributed by atoms with Gasteiger partial charge >= 0.3 is 0 Å². The highest BCUT2D eigenvalue weighted by Crippen LogP contribution is 2.25. The molecule has 5 heteroatoms. The lowest BCUT2D eigenvalue weighted by molar-refractivity contribution is 0.111. The first-order chi connectivity index (χ1) is 9.31. The van der Waals surface area contributed by atoms with Gasteiger partial charge in [0.05, 0.1) is 12.0 Å². The fourth-order valence-corrected chi connectivity index (χ4v) is 1.99. The maximum absolute atomic E-state index is 11.1. The molecule has 0 unspecified atom stereocenters. The monoisotopic (exact) mass is 253 g/mol. The Kier molecular flexibility index (Phi) is 2.72. The van der Waals surface area contributed by atoms with Gasteiger partial charge in [0.15, 0.2) is 17.7 Å². The van der Waals surface area contributed by atoms with Gasteiger partial charge in [0.25, 0.3) is 0 Å². The Morgan fingerprint density at radius 2 is 2.05 bits per heavy atom. The van der Waals surface area contributed by atoms with Crippen molar-refractivity contribution in [3.05, 3.63) is 53.9 Å². The number of hydrogen-bond acceptors (Lipinski definition) is 4. The molecule has 0 bridgehead atoms. The number of aryl methyl sites for hydroxylation is 1. The normalized spacial score (nSPS) is 10.6. The molecule has 0 N–H and O–H groups in total. The Morgan fingerprint density at radius 3 is 2.74 bits per heavy atom. The van der Waals surface area contributed by atoms with Crippen molar-refractivity contribution in [2.75, 3.05) is 0 Å². The molecular weight excluding hydrogens is 242 g/mol. The second-order valence-electron chi connectivity index (χ2n) is 4.12. The van der Waals surface area contributed by atoms with Crippen molar-refractivity contribution >= 4 is 6.29 Å². The van der Waals surface area contributed by atoms with Crippen molar-refractivity contribution in [2.24, 2.45) is 0 Å². The first kappa shape index (κ1) is 11.4. The van der Waals surface area contributed by atoms with E-state index in [1.807, 2.05) is 31.2 Å². The van der Waals surface area contributed by atoms with E-state index < -0.39 is 0 Å². The predicted octanol–water partition coefficient (Wildman–Crippen LogP) is 2.65. The first-order valence-corrected chi connectivity index (χ1v) is 5.82. The van der Waals surface area contributed by atoms with Crippen LogP contribution in [0.3, 0.4) is 0 Å². The molecule has 0 aliphatic heterocycles. The number of carbonyl (C=O) groups is 1. The average molecular weight is 253 g/mol. The zero-order chi connectivity index (χ0) is 13.2. The number of aldehydes is 1. The third-order valence-electron chi connectivity index (χ3n) is 2.91. The van der Waals surface area contributed by atoms with Crippen LogP contribution in [-0.4, -0.2) is 21.3 Å². The largest absolute Gasteiger partial charge is 0.463 e. The first-order valence-electron chi connectivity index (χ1n) is 5.82. The molecule has 0 radical (unpaired) electrons. The summed E-state index contributed by atoms with van der Waals surface area (Å²) >= 11 is 0. The molecule has 0 fully saturated rings. The summed E-state index contributed by atoms with van der Waals surface area (Å²) in [5, 5.41) is 7.94. The maximum atomic E-state index is 11.1. The standard InChI is InChI=1S/C14H11N3O2/c1-10-5-2-3-6-12(10)17-14(11(9-18)15-16-17)13-7-4-8-19-13/h2-9H,1H3. The van der Waals surface area contributed by atoms with E-state index in [1.165, 1.54) is 0 Å². The van der Waals surface area contributed by atoms with Gasteiger partial charge in [-0.05, 0) is 30.7 Å². The number of aromatic nitrogens is 3. The van der Waals surface area contributed by atoms with Gasteiger partial charge in [-0.25, -0.2) is 4.68 Å². The Morgan fingerprint density at radius 1 is 1.21 bits per heavy atom. The molecule has 2 aromatic heterocycles. The summed E-state index contributed by atoms with van der Waals surface area (Å²) in [6.07, 6.45) is 2.23. The lowest BCUT2D eigenvalue weighted by Gasteiger charge is -2.07. The SMILES string of the molecule is Cc1ccccc1-n1nnc(C=O)c1-c1ccco1. The van der Waals surface area contributed by atoms with E-state index in [2.05, 4.69) is 10.3 Å². The Bertz CT molecular complexity index is 714. The van der Waals surface area contributed by atoms with Crippen LogP contribution < -0.4 is 0 Å². The van der Waals surface area contributed by atoms with Crippen molar-refractivity contribution in [1.82, 2.24) is 15.0 Å². The number of furan rings is 1.